The summed E-state index contributed by atoms with van der Waals surface area (Å²) >= 11 is 0. The third kappa shape index (κ3) is 5.86. The lowest BCUT2D eigenvalue weighted by Gasteiger charge is -2.31. The van der Waals surface area contributed by atoms with E-state index in [1.54, 1.807) is 31.2 Å². The fourth-order valence-electron chi connectivity index (χ4n) is 4.41. The Balaban J connectivity index is 1.70. The highest BCUT2D eigenvalue weighted by Gasteiger charge is 2.42. The molecule has 2 fully saturated rings. The Morgan fingerprint density at radius 3 is 2.68 bits per heavy atom. The van der Waals surface area contributed by atoms with E-state index in [9.17, 15) is 19.5 Å². The number of rotatable bonds is 9. The molecule has 0 aliphatic carbocycles. The van der Waals surface area contributed by atoms with Crippen LogP contribution in [0.25, 0.3) is 0 Å². The summed E-state index contributed by atoms with van der Waals surface area (Å²) in [5, 5.41) is 15.5. The van der Waals surface area contributed by atoms with Crippen LogP contribution in [0.4, 0.5) is 0 Å². The van der Waals surface area contributed by atoms with Crippen LogP contribution in [0.3, 0.4) is 0 Å². The molecular weight excluding hydrogens is 442 g/mol. The van der Waals surface area contributed by atoms with Crippen LogP contribution >= 0.6 is 0 Å². The molecule has 3 amide bonds. The number of nitrogens with one attached hydrogen (secondary N) is 2. The number of hydrogen-bond donors (Lipinski definition) is 3. The van der Waals surface area contributed by atoms with Gasteiger partial charge in [-0.05, 0) is 37.8 Å². The van der Waals surface area contributed by atoms with Gasteiger partial charge in [0.1, 0.15) is 17.8 Å². The second-order valence-corrected chi connectivity index (χ2v) is 8.85. The number of carbonyl (C=O) groups is 3. The zero-order valence-electron chi connectivity index (χ0n) is 20.2. The molecule has 10 nitrogen and oxygen atoms in total. The summed E-state index contributed by atoms with van der Waals surface area (Å²) in [6.45, 7) is 6.29. The molecule has 0 saturated carbocycles. The Labute approximate surface area is 199 Å². The van der Waals surface area contributed by atoms with Crippen molar-refractivity contribution in [2.45, 2.75) is 70.7 Å². The number of methoxy groups -OCH3 is 1. The largest absolute Gasteiger partial charge is 0.496 e. The Hall–Kier alpha value is -2.69. The fourth-order valence-corrected chi connectivity index (χ4v) is 4.41. The van der Waals surface area contributed by atoms with Crippen LogP contribution in [0.5, 0.6) is 5.75 Å². The van der Waals surface area contributed by atoms with E-state index in [2.05, 4.69) is 10.6 Å². The minimum atomic E-state index is -1.02. The molecule has 34 heavy (non-hydrogen) atoms. The average molecular weight is 478 g/mol. The van der Waals surface area contributed by atoms with Crippen LogP contribution in [0.2, 0.25) is 0 Å². The van der Waals surface area contributed by atoms with Gasteiger partial charge in [0.2, 0.25) is 11.8 Å². The van der Waals surface area contributed by atoms with Crippen molar-refractivity contribution < 1.29 is 33.7 Å². The van der Waals surface area contributed by atoms with Gasteiger partial charge in [0.15, 0.2) is 12.6 Å². The molecule has 3 rings (SSSR count). The molecule has 0 spiro atoms. The number of nitrogens with zero attached hydrogens (tertiary/aromatic N) is 1. The van der Waals surface area contributed by atoms with E-state index in [1.807, 2.05) is 13.8 Å². The van der Waals surface area contributed by atoms with Crippen LogP contribution in [0, 0.1) is 5.92 Å². The molecule has 2 heterocycles. The predicted octanol–water partition coefficient (Wildman–Crippen LogP) is 1.03. The molecule has 10 heteroatoms. The Kier molecular flexibility index (Phi) is 8.87. The van der Waals surface area contributed by atoms with Crippen LogP contribution in [-0.4, -0.2) is 78.7 Å². The molecule has 5 atom stereocenters. The summed E-state index contributed by atoms with van der Waals surface area (Å²) in [6.07, 6.45) is -0.357. The van der Waals surface area contributed by atoms with Gasteiger partial charge in [0.25, 0.3) is 5.91 Å². The average Bonchev–Trinajstić information content (AvgIpc) is 3.43. The lowest BCUT2D eigenvalue weighted by molar-refractivity contribution is -0.188. The first-order valence-electron chi connectivity index (χ1n) is 11.8. The maximum absolute atomic E-state index is 13.5. The fraction of sp³-hybridized carbons (Fsp3) is 0.625. The molecule has 0 aromatic heterocycles. The van der Waals surface area contributed by atoms with Gasteiger partial charge in [-0.1, -0.05) is 26.0 Å². The number of benzene rings is 1. The quantitative estimate of drug-likeness (QED) is 0.485. The lowest BCUT2D eigenvalue weighted by Crippen LogP contribution is -2.56. The zero-order chi connectivity index (χ0) is 24.8. The van der Waals surface area contributed by atoms with Gasteiger partial charge < -0.3 is 34.9 Å². The van der Waals surface area contributed by atoms with Crippen molar-refractivity contribution in [3.05, 3.63) is 29.8 Å². The number of likely N-dealkylation sites (tertiary alicyclic amines) is 1. The van der Waals surface area contributed by atoms with Crippen molar-refractivity contribution in [1.82, 2.24) is 15.5 Å². The van der Waals surface area contributed by atoms with Gasteiger partial charge in [-0.15, -0.1) is 0 Å². The molecule has 1 aromatic carbocycles. The summed E-state index contributed by atoms with van der Waals surface area (Å²) in [5.41, 5.74) is 0.334. The van der Waals surface area contributed by atoms with Crippen molar-refractivity contribution in [2.75, 3.05) is 20.3 Å². The molecule has 1 unspecified atom stereocenters. The second-order valence-electron chi connectivity index (χ2n) is 8.85. The Morgan fingerprint density at radius 1 is 1.26 bits per heavy atom. The minimum Gasteiger partial charge on any atom is -0.496 e. The Bertz CT molecular complexity index is 878. The molecule has 0 radical (unpaired) electrons. The SMILES string of the molecule is CCO[C@@H]1OC(O)C[C@@H]1NC(=O)[C@@H]1CCCN1C(=O)[C@@H](NC(=O)c1ccccc1OC)C(C)C. The number of carbonyl (C=O) groups excluding carboxylic acids is 3. The molecule has 0 bridgehead atoms. The van der Waals surface area contributed by atoms with Gasteiger partial charge in [-0.3, -0.25) is 14.4 Å². The number of aliphatic hydroxyl groups is 1. The molecule has 1 aromatic rings. The zero-order valence-corrected chi connectivity index (χ0v) is 20.2. The standard InChI is InChI=1S/C24H35N3O7/c1-5-33-24-16(13-19(28)34-24)25-22(30)17-10-8-12-27(17)23(31)20(14(2)3)26-21(29)15-9-6-7-11-18(15)32-4/h6-7,9,11,14,16-17,19-20,24,28H,5,8,10,12-13H2,1-4H3,(H,25,30)(H,26,29)/t16-,17-,19?,20-,24+/m0/s1. The van der Waals surface area contributed by atoms with Crippen LogP contribution < -0.4 is 15.4 Å². The molecule has 2 saturated heterocycles. The summed E-state index contributed by atoms with van der Waals surface area (Å²) in [6, 6.07) is 4.82. The van der Waals surface area contributed by atoms with Crippen molar-refractivity contribution in [1.29, 1.82) is 0 Å². The van der Waals surface area contributed by atoms with Gasteiger partial charge in [0.05, 0.1) is 18.7 Å². The van der Waals surface area contributed by atoms with E-state index in [-0.39, 0.29) is 24.2 Å². The van der Waals surface area contributed by atoms with E-state index in [4.69, 9.17) is 14.2 Å². The first-order valence-corrected chi connectivity index (χ1v) is 11.8. The molecule has 2 aliphatic heterocycles. The van der Waals surface area contributed by atoms with Crippen LogP contribution in [-0.2, 0) is 19.1 Å². The highest BCUT2D eigenvalue weighted by molar-refractivity contribution is 6.00. The van der Waals surface area contributed by atoms with Crippen molar-refractivity contribution in [3.63, 3.8) is 0 Å². The van der Waals surface area contributed by atoms with Gasteiger partial charge in [-0.2, -0.15) is 0 Å². The topological polar surface area (TPSA) is 126 Å². The van der Waals surface area contributed by atoms with E-state index in [0.717, 1.165) is 0 Å². The first-order chi connectivity index (χ1) is 16.3. The summed E-state index contributed by atoms with van der Waals surface area (Å²) in [5.74, 6) is -0.826. The van der Waals surface area contributed by atoms with Crippen LogP contribution in [0.15, 0.2) is 24.3 Å². The van der Waals surface area contributed by atoms with Gasteiger partial charge in [-0.25, -0.2) is 0 Å². The van der Waals surface area contributed by atoms with Crippen molar-refractivity contribution in [2.24, 2.45) is 5.92 Å². The van der Waals surface area contributed by atoms with E-state index >= 15 is 0 Å². The minimum absolute atomic E-state index is 0.198. The highest BCUT2D eigenvalue weighted by atomic mass is 16.7. The molecule has 188 valence electrons. The third-order valence-corrected chi connectivity index (χ3v) is 6.14. The third-order valence-electron chi connectivity index (χ3n) is 6.14. The highest BCUT2D eigenvalue weighted by Crippen LogP contribution is 2.24. The normalized spacial score (nSPS) is 25.3. The van der Waals surface area contributed by atoms with E-state index in [1.165, 1.54) is 12.0 Å². The maximum Gasteiger partial charge on any atom is 0.255 e. The summed E-state index contributed by atoms with van der Waals surface area (Å²) in [7, 11) is 1.48. The Morgan fingerprint density at radius 2 is 2.00 bits per heavy atom. The number of para-hydroxylation sites is 1. The molecule has 2 aliphatic rings. The number of hydrogen-bond acceptors (Lipinski definition) is 7. The second kappa shape index (κ2) is 11.6. The van der Waals surface area contributed by atoms with Crippen molar-refractivity contribution >= 4 is 17.7 Å². The van der Waals surface area contributed by atoms with Gasteiger partial charge >= 0.3 is 0 Å². The predicted molar refractivity (Wildman–Crippen MR) is 123 cm³/mol. The summed E-state index contributed by atoms with van der Waals surface area (Å²) in [4.78, 5) is 41.1. The molecule has 3 N–H and O–H groups in total. The van der Waals surface area contributed by atoms with E-state index < -0.39 is 36.6 Å². The number of amides is 3. The number of aliphatic hydroxyl groups excluding tert-OH is 1. The number of ether oxygens (including phenoxy) is 3. The van der Waals surface area contributed by atoms with Crippen molar-refractivity contribution in [3.8, 4) is 5.75 Å². The monoisotopic (exact) mass is 477 g/mol. The summed E-state index contributed by atoms with van der Waals surface area (Å²) < 4.78 is 16.0. The smallest absolute Gasteiger partial charge is 0.255 e. The van der Waals surface area contributed by atoms with Crippen LogP contribution in [0.1, 0.15) is 50.4 Å². The first kappa shape index (κ1) is 25.9. The van der Waals surface area contributed by atoms with Gasteiger partial charge in [0, 0.05) is 19.6 Å². The maximum atomic E-state index is 13.5. The molecular formula is C24H35N3O7. The lowest BCUT2D eigenvalue weighted by atomic mass is 10.0. The van der Waals surface area contributed by atoms with E-state index in [0.29, 0.717) is 37.3 Å².